The van der Waals surface area contributed by atoms with E-state index in [9.17, 15) is 4.79 Å². The van der Waals surface area contributed by atoms with Crippen molar-refractivity contribution in [1.29, 1.82) is 0 Å². The van der Waals surface area contributed by atoms with Gasteiger partial charge in [-0.15, -0.1) is 0 Å². The molecule has 1 atom stereocenters. The smallest absolute Gasteiger partial charge is 0.222 e. The molecule has 0 saturated carbocycles. The molecule has 0 spiro atoms. The number of likely N-dealkylation sites (tertiary alicyclic amines) is 1. The molecule has 0 bridgehead atoms. The molecular formula is C12H23NO. The zero-order chi connectivity index (χ0) is 10.7. The number of carbonyl (C=O) groups is 1. The van der Waals surface area contributed by atoms with Crippen LogP contribution >= 0.6 is 0 Å². The maximum absolute atomic E-state index is 11.6. The summed E-state index contributed by atoms with van der Waals surface area (Å²) in [6.07, 6.45) is 1.91. The summed E-state index contributed by atoms with van der Waals surface area (Å²) in [7, 11) is 0. The van der Waals surface area contributed by atoms with E-state index in [1.165, 1.54) is 0 Å². The van der Waals surface area contributed by atoms with Gasteiger partial charge in [-0.2, -0.15) is 0 Å². The average Bonchev–Trinajstić information content (AvgIpc) is 2.43. The third kappa shape index (κ3) is 3.00. The maximum Gasteiger partial charge on any atom is 0.222 e. The highest BCUT2D eigenvalue weighted by Gasteiger charge is 2.30. The third-order valence-corrected chi connectivity index (χ3v) is 3.16. The molecule has 1 saturated heterocycles. The molecule has 1 aliphatic heterocycles. The zero-order valence-corrected chi connectivity index (χ0v) is 9.92. The predicted octanol–water partition coefficient (Wildman–Crippen LogP) is 2.54. The molecule has 1 fully saturated rings. The van der Waals surface area contributed by atoms with Crippen molar-refractivity contribution in [2.45, 2.75) is 40.5 Å². The second-order valence-corrected chi connectivity index (χ2v) is 5.23. The molecule has 1 unspecified atom stereocenters. The van der Waals surface area contributed by atoms with Crippen LogP contribution in [0.4, 0.5) is 0 Å². The largest absolute Gasteiger partial charge is 0.342 e. The number of hydrogen-bond donors (Lipinski definition) is 0. The number of carbonyl (C=O) groups excluding carboxylic acids is 1. The lowest BCUT2D eigenvalue weighted by Gasteiger charge is -2.18. The fraction of sp³-hybridized carbons (Fsp3) is 0.917. The molecule has 0 aliphatic carbocycles. The fourth-order valence-corrected chi connectivity index (χ4v) is 1.88. The van der Waals surface area contributed by atoms with Crippen molar-refractivity contribution in [3.8, 4) is 0 Å². The van der Waals surface area contributed by atoms with Crippen molar-refractivity contribution < 1.29 is 4.79 Å². The summed E-state index contributed by atoms with van der Waals surface area (Å²) in [5, 5.41) is 0. The molecule has 14 heavy (non-hydrogen) atoms. The maximum atomic E-state index is 11.6. The lowest BCUT2D eigenvalue weighted by atomic mass is 9.95. The Morgan fingerprint density at radius 1 is 1.36 bits per heavy atom. The first-order valence-electron chi connectivity index (χ1n) is 5.78. The van der Waals surface area contributed by atoms with Crippen molar-refractivity contribution >= 4 is 5.91 Å². The lowest BCUT2D eigenvalue weighted by Crippen LogP contribution is -2.27. The SMILES string of the molecule is CC(C)CCN1CC(C(C)C)CC1=O. The molecule has 0 aromatic rings. The van der Waals surface area contributed by atoms with E-state index in [4.69, 9.17) is 0 Å². The van der Waals surface area contributed by atoms with Gasteiger partial charge in [-0.1, -0.05) is 27.7 Å². The zero-order valence-electron chi connectivity index (χ0n) is 9.92. The van der Waals surface area contributed by atoms with E-state index >= 15 is 0 Å². The van der Waals surface area contributed by atoms with E-state index < -0.39 is 0 Å². The number of nitrogens with zero attached hydrogens (tertiary/aromatic N) is 1. The van der Waals surface area contributed by atoms with Crippen LogP contribution in [-0.4, -0.2) is 23.9 Å². The Hall–Kier alpha value is -0.530. The van der Waals surface area contributed by atoms with Crippen LogP contribution in [0, 0.1) is 17.8 Å². The Kier molecular flexibility index (Phi) is 3.97. The molecule has 2 nitrogen and oxygen atoms in total. The summed E-state index contributed by atoms with van der Waals surface area (Å²) in [4.78, 5) is 13.7. The first-order chi connectivity index (χ1) is 6.50. The van der Waals surface area contributed by atoms with Gasteiger partial charge >= 0.3 is 0 Å². The van der Waals surface area contributed by atoms with Crippen LogP contribution < -0.4 is 0 Å². The van der Waals surface area contributed by atoms with Crippen molar-refractivity contribution in [2.24, 2.45) is 17.8 Å². The predicted molar refractivity (Wildman–Crippen MR) is 59.0 cm³/mol. The van der Waals surface area contributed by atoms with Gasteiger partial charge in [-0.05, 0) is 24.2 Å². The highest BCUT2D eigenvalue weighted by atomic mass is 16.2. The van der Waals surface area contributed by atoms with E-state index in [2.05, 4.69) is 27.7 Å². The Morgan fingerprint density at radius 3 is 2.43 bits per heavy atom. The molecule has 0 aromatic heterocycles. The summed E-state index contributed by atoms with van der Waals surface area (Å²) in [6, 6.07) is 0. The molecular weight excluding hydrogens is 174 g/mol. The van der Waals surface area contributed by atoms with Crippen LogP contribution in [0.3, 0.4) is 0 Å². The minimum Gasteiger partial charge on any atom is -0.342 e. The molecule has 1 amide bonds. The summed E-state index contributed by atoms with van der Waals surface area (Å²) in [5.74, 6) is 2.29. The van der Waals surface area contributed by atoms with E-state index in [1.807, 2.05) is 4.90 Å². The van der Waals surface area contributed by atoms with Gasteiger partial charge < -0.3 is 4.90 Å². The molecule has 1 rings (SSSR count). The normalized spacial score (nSPS) is 22.9. The third-order valence-electron chi connectivity index (χ3n) is 3.16. The molecule has 82 valence electrons. The summed E-state index contributed by atoms with van der Waals surface area (Å²) in [5.41, 5.74) is 0. The van der Waals surface area contributed by atoms with E-state index in [-0.39, 0.29) is 0 Å². The van der Waals surface area contributed by atoms with Crippen molar-refractivity contribution in [3.63, 3.8) is 0 Å². The molecule has 0 aromatic carbocycles. The van der Waals surface area contributed by atoms with Crippen LogP contribution in [0.5, 0.6) is 0 Å². The highest BCUT2D eigenvalue weighted by molar-refractivity contribution is 5.78. The van der Waals surface area contributed by atoms with Crippen LogP contribution in [0.2, 0.25) is 0 Å². The van der Waals surface area contributed by atoms with Crippen LogP contribution in [-0.2, 0) is 4.79 Å². The lowest BCUT2D eigenvalue weighted by molar-refractivity contribution is -0.127. The van der Waals surface area contributed by atoms with Crippen LogP contribution in [0.1, 0.15) is 40.5 Å². The first kappa shape index (κ1) is 11.5. The quantitative estimate of drug-likeness (QED) is 0.678. The standard InChI is InChI=1S/C12H23NO/c1-9(2)5-6-13-8-11(10(3)4)7-12(13)14/h9-11H,5-8H2,1-4H3. The van der Waals surface area contributed by atoms with E-state index in [1.54, 1.807) is 0 Å². The van der Waals surface area contributed by atoms with Gasteiger partial charge in [0.15, 0.2) is 0 Å². The highest BCUT2D eigenvalue weighted by Crippen LogP contribution is 2.25. The Labute approximate surface area is 87.7 Å². The van der Waals surface area contributed by atoms with Gasteiger partial charge in [0.1, 0.15) is 0 Å². The van der Waals surface area contributed by atoms with Crippen molar-refractivity contribution in [3.05, 3.63) is 0 Å². The van der Waals surface area contributed by atoms with E-state index in [0.717, 1.165) is 25.9 Å². The van der Waals surface area contributed by atoms with E-state index in [0.29, 0.717) is 23.7 Å². The first-order valence-corrected chi connectivity index (χ1v) is 5.78. The van der Waals surface area contributed by atoms with Gasteiger partial charge in [0.2, 0.25) is 5.91 Å². The Morgan fingerprint density at radius 2 is 2.00 bits per heavy atom. The fourth-order valence-electron chi connectivity index (χ4n) is 1.88. The Bertz CT molecular complexity index is 198. The molecule has 2 heteroatoms. The van der Waals surface area contributed by atoms with Crippen molar-refractivity contribution in [1.82, 2.24) is 4.90 Å². The second kappa shape index (κ2) is 4.81. The summed E-state index contributed by atoms with van der Waals surface area (Å²) < 4.78 is 0. The van der Waals surface area contributed by atoms with Gasteiger partial charge in [0.25, 0.3) is 0 Å². The molecule has 0 N–H and O–H groups in total. The van der Waals surface area contributed by atoms with Crippen LogP contribution in [0.15, 0.2) is 0 Å². The topological polar surface area (TPSA) is 20.3 Å². The summed E-state index contributed by atoms with van der Waals surface area (Å²) in [6.45, 7) is 10.8. The van der Waals surface area contributed by atoms with Gasteiger partial charge in [-0.25, -0.2) is 0 Å². The van der Waals surface area contributed by atoms with Crippen LogP contribution in [0.25, 0.3) is 0 Å². The monoisotopic (exact) mass is 197 g/mol. The van der Waals surface area contributed by atoms with Gasteiger partial charge in [0, 0.05) is 19.5 Å². The average molecular weight is 197 g/mol. The van der Waals surface area contributed by atoms with Gasteiger partial charge in [-0.3, -0.25) is 4.79 Å². The second-order valence-electron chi connectivity index (χ2n) is 5.23. The number of amides is 1. The molecule has 1 heterocycles. The van der Waals surface area contributed by atoms with Crippen molar-refractivity contribution in [2.75, 3.05) is 13.1 Å². The summed E-state index contributed by atoms with van der Waals surface area (Å²) >= 11 is 0. The van der Waals surface area contributed by atoms with Gasteiger partial charge in [0.05, 0.1) is 0 Å². The Balaban J connectivity index is 2.37. The molecule has 1 aliphatic rings. The minimum atomic E-state index is 0.365. The number of hydrogen-bond acceptors (Lipinski definition) is 1. The molecule has 0 radical (unpaired) electrons. The minimum absolute atomic E-state index is 0.365. The number of rotatable bonds is 4.